The van der Waals surface area contributed by atoms with E-state index in [2.05, 4.69) is 46.4 Å². The second kappa shape index (κ2) is 7.89. The largest absolute Gasteiger partial charge is 0.354 e. The van der Waals surface area contributed by atoms with Crippen molar-refractivity contribution in [2.75, 3.05) is 13.1 Å². The summed E-state index contributed by atoms with van der Waals surface area (Å²) in [5.74, 6) is 0.0532. The molecule has 1 N–H and O–H groups in total. The van der Waals surface area contributed by atoms with Gasteiger partial charge in [0.15, 0.2) is 0 Å². The summed E-state index contributed by atoms with van der Waals surface area (Å²) in [6.07, 6.45) is 3.22. The Morgan fingerprint density at radius 1 is 1.11 bits per heavy atom. The van der Waals surface area contributed by atoms with E-state index in [9.17, 15) is 4.79 Å². The molecule has 0 saturated heterocycles. The van der Waals surface area contributed by atoms with Gasteiger partial charge in [-0.2, -0.15) is 0 Å². The van der Waals surface area contributed by atoms with Crippen LogP contribution in [-0.2, 0) is 24.2 Å². The van der Waals surface area contributed by atoms with E-state index in [-0.39, 0.29) is 5.91 Å². The molecule has 1 amide bonds. The highest BCUT2D eigenvalue weighted by atomic mass is 16.1. The summed E-state index contributed by atoms with van der Waals surface area (Å²) in [7, 11) is 0. The molecule has 1 aliphatic heterocycles. The average molecular weight is 359 g/mol. The van der Waals surface area contributed by atoms with E-state index in [0.29, 0.717) is 19.0 Å². The molecule has 1 unspecified atom stereocenters. The lowest BCUT2D eigenvalue weighted by molar-refractivity contribution is -0.120. The number of hydrogen-bond acceptors (Lipinski definition) is 3. The molecule has 2 aromatic carbocycles. The molecule has 27 heavy (non-hydrogen) atoms. The Kier molecular flexibility index (Phi) is 5.16. The van der Waals surface area contributed by atoms with Gasteiger partial charge in [-0.25, -0.2) is 0 Å². The normalized spacial score (nSPS) is 15.3. The Morgan fingerprint density at radius 3 is 2.81 bits per heavy atom. The van der Waals surface area contributed by atoms with Crippen molar-refractivity contribution in [1.82, 2.24) is 15.2 Å². The molecule has 4 rings (SSSR count). The topological polar surface area (TPSA) is 45.2 Å². The van der Waals surface area contributed by atoms with Crippen LogP contribution < -0.4 is 5.32 Å². The molecule has 0 saturated carbocycles. The number of aromatic nitrogens is 1. The van der Waals surface area contributed by atoms with Gasteiger partial charge in [0, 0.05) is 37.3 Å². The van der Waals surface area contributed by atoms with Gasteiger partial charge in [-0.15, -0.1) is 0 Å². The Balaban J connectivity index is 1.34. The van der Waals surface area contributed by atoms with E-state index < -0.39 is 0 Å². The van der Waals surface area contributed by atoms with Gasteiger partial charge in [-0.3, -0.25) is 14.7 Å². The lowest BCUT2D eigenvalue weighted by Crippen LogP contribution is -2.44. The standard InChI is InChI=1S/C23H25N3O/c1-17(26-13-11-18-6-2-3-7-21(18)16-26)15-25-22(27)14-20-9-4-8-19-10-5-12-24-23(19)20/h2-10,12,17H,11,13-16H2,1H3,(H,25,27). The van der Waals surface area contributed by atoms with Crippen molar-refractivity contribution in [1.29, 1.82) is 0 Å². The highest BCUT2D eigenvalue weighted by Gasteiger charge is 2.20. The van der Waals surface area contributed by atoms with Crippen molar-refractivity contribution < 1.29 is 4.79 Å². The number of rotatable bonds is 5. The van der Waals surface area contributed by atoms with Crippen LogP contribution in [0.3, 0.4) is 0 Å². The molecule has 4 heteroatoms. The zero-order valence-electron chi connectivity index (χ0n) is 15.7. The Morgan fingerprint density at radius 2 is 1.93 bits per heavy atom. The van der Waals surface area contributed by atoms with Gasteiger partial charge in [-0.1, -0.05) is 48.5 Å². The minimum absolute atomic E-state index is 0.0532. The number of para-hydroxylation sites is 1. The quantitative estimate of drug-likeness (QED) is 0.760. The van der Waals surface area contributed by atoms with E-state index in [0.717, 1.165) is 36.0 Å². The highest BCUT2D eigenvalue weighted by Crippen LogP contribution is 2.20. The lowest BCUT2D eigenvalue weighted by Gasteiger charge is -2.33. The predicted molar refractivity (Wildman–Crippen MR) is 108 cm³/mol. The number of carbonyl (C=O) groups excluding carboxylic acids is 1. The van der Waals surface area contributed by atoms with Crippen LogP contribution in [0.2, 0.25) is 0 Å². The molecule has 0 spiro atoms. The maximum absolute atomic E-state index is 12.5. The molecule has 4 nitrogen and oxygen atoms in total. The number of carbonyl (C=O) groups is 1. The van der Waals surface area contributed by atoms with Crippen molar-refractivity contribution in [3.63, 3.8) is 0 Å². The van der Waals surface area contributed by atoms with E-state index >= 15 is 0 Å². The summed E-state index contributed by atoms with van der Waals surface area (Å²) in [6, 6.07) is 18.9. The molecule has 0 radical (unpaired) electrons. The van der Waals surface area contributed by atoms with Crippen LogP contribution in [0.15, 0.2) is 60.8 Å². The molecule has 1 aliphatic rings. The summed E-state index contributed by atoms with van der Waals surface area (Å²) >= 11 is 0. The fourth-order valence-electron chi connectivity index (χ4n) is 3.83. The number of amides is 1. The van der Waals surface area contributed by atoms with Crippen LogP contribution >= 0.6 is 0 Å². The third-order valence-electron chi connectivity index (χ3n) is 5.45. The first-order chi connectivity index (χ1) is 13.2. The van der Waals surface area contributed by atoms with Crippen LogP contribution in [-0.4, -0.2) is 34.9 Å². The van der Waals surface area contributed by atoms with E-state index in [1.54, 1.807) is 6.20 Å². The third kappa shape index (κ3) is 4.01. The molecular formula is C23H25N3O. The monoisotopic (exact) mass is 359 g/mol. The molecule has 0 fully saturated rings. The summed E-state index contributed by atoms with van der Waals surface area (Å²) in [5.41, 5.74) is 4.75. The molecule has 0 aliphatic carbocycles. The Labute approximate surface area is 160 Å². The van der Waals surface area contributed by atoms with Crippen LogP contribution in [0.25, 0.3) is 10.9 Å². The molecular weight excluding hydrogens is 334 g/mol. The number of pyridine rings is 1. The second-order valence-corrected chi connectivity index (χ2v) is 7.31. The first kappa shape index (κ1) is 17.7. The number of nitrogens with one attached hydrogen (secondary N) is 1. The van der Waals surface area contributed by atoms with Crippen molar-refractivity contribution >= 4 is 16.8 Å². The summed E-state index contributed by atoms with van der Waals surface area (Å²) < 4.78 is 0. The van der Waals surface area contributed by atoms with Crippen molar-refractivity contribution in [3.8, 4) is 0 Å². The fourth-order valence-corrected chi connectivity index (χ4v) is 3.83. The molecule has 0 bridgehead atoms. The third-order valence-corrected chi connectivity index (χ3v) is 5.45. The van der Waals surface area contributed by atoms with Crippen LogP contribution in [0.1, 0.15) is 23.6 Å². The molecule has 1 aromatic heterocycles. The molecule has 2 heterocycles. The maximum atomic E-state index is 12.5. The van der Waals surface area contributed by atoms with Crippen LogP contribution in [0.5, 0.6) is 0 Å². The van der Waals surface area contributed by atoms with Gasteiger partial charge < -0.3 is 5.32 Å². The number of fused-ring (bicyclic) bond motifs is 2. The minimum atomic E-state index is 0.0532. The Hall–Kier alpha value is -2.72. The van der Waals surface area contributed by atoms with Gasteiger partial charge in [-0.05, 0) is 36.1 Å². The molecule has 1 atom stereocenters. The van der Waals surface area contributed by atoms with Gasteiger partial charge in [0.05, 0.1) is 11.9 Å². The van der Waals surface area contributed by atoms with Crippen LogP contribution in [0.4, 0.5) is 0 Å². The first-order valence-corrected chi connectivity index (χ1v) is 9.61. The zero-order chi connectivity index (χ0) is 18.6. The van der Waals surface area contributed by atoms with E-state index in [4.69, 9.17) is 0 Å². The van der Waals surface area contributed by atoms with Crippen molar-refractivity contribution in [2.45, 2.75) is 32.4 Å². The van der Waals surface area contributed by atoms with Crippen molar-refractivity contribution in [2.24, 2.45) is 0 Å². The molecule has 3 aromatic rings. The van der Waals surface area contributed by atoms with Gasteiger partial charge in [0.1, 0.15) is 0 Å². The van der Waals surface area contributed by atoms with E-state index in [1.165, 1.54) is 11.1 Å². The number of benzene rings is 2. The SMILES string of the molecule is CC(CNC(=O)Cc1cccc2cccnc12)N1CCc2ccccc2C1. The Bertz CT molecular complexity index is 948. The van der Waals surface area contributed by atoms with E-state index in [1.807, 2.05) is 30.3 Å². The predicted octanol–water partition coefficient (Wildman–Crippen LogP) is 3.34. The van der Waals surface area contributed by atoms with Gasteiger partial charge in [0.2, 0.25) is 5.91 Å². The lowest BCUT2D eigenvalue weighted by atomic mass is 9.99. The summed E-state index contributed by atoms with van der Waals surface area (Å²) in [4.78, 5) is 19.4. The minimum Gasteiger partial charge on any atom is -0.354 e. The first-order valence-electron chi connectivity index (χ1n) is 9.61. The average Bonchev–Trinajstić information content (AvgIpc) is 2.72. The second-order valence-electron chi connectivity index (χ2n) is 7.31. The summed E-state index contributed by atoms with van der Waals surface area (Å²) in [6.45, 7) is 4.86. The fraction of sp³-hybridized carbons (Fsp3) is 0.304. The van der Waals surface area contributed by atoms with Gasteiger partial charge >= 0.3 is 0 Å². The zero-order valence-corrected chi connectivity index (χ0v) is 15.7. The number of hydrogen-bond donors (Lipinski definition) is 1. The summed E-state index contributed by atoms with van der Waals surface area (Å²) in [5, 5.41) is 4.18. The maximum Gasteiger partial charge on any atom is 0.224 e. The molecule has 138 valence electrons. The number of nitrogens with zero attached hydrogens (tertiary/aromatic N) is 2. The van der Waals surface area contributed by atoms with Crippen molar-refractivity contribution in [3.05, 3.63) is 77.5 Å². The van der Waals surface area contributed by atoms with Gasteiger partial charge in [0.25, 0.3) is 0 Å². The highest BCUT2D eigenvalue weighted by molar-refractivity contribution is 5.87. The van der Waals surface area contributed by atoms with Crippen LogP contribution in [0, 0.1) is 0 Å². The smallest absolute Gasteiger partial charge is 0.224 e.